The number of aliphatic imine (C=N–C) groups is 1. The van der Waals surface area contributed by atoms with Crippen LogP contribution in [0.2, 0.25) is 0 Å². The Morgan fingerprint density at radius 1 is 1.00 bits per heavy atom. The van der Waals surface area contributed by atoms with Crippen molar-refractivity contribution in [3.05, 3.63) is 48.0 Å². The van der Waals surface area contributed by atoms with Crippen LogP contribution < -0.4 is 25.3 Å². The Morgan fingerprint density at radius 2 is 1.68 bits per heavy atom. The monoisotopic (exact) mass is 385 g/mol. The van der Waals surface area contributed by atoms with Crippen molar-refractivity contribution in [3.8, 4) is 17.2 Å². The number of nitrogens with zero attached hydrogens (tertiary/aromatic N) is 1. The van der Waals surface area contributed by atoms with Gasteiger partial charge in [0.15, 0.2) is 17.5 Å². The average molecular weight is 386 g/mol. The van der Waals surface area contributed by atoms with Crippen molar-refractivity contribution in [2.24, 2.45) is 10.7 Å². The fourth-order valence-corrected chi connectivity index (χ4v) is 2.63. The first kappa shape index (κ1) is 21.4. The van der Waals surface area contributed by atoms with Crippen molar-refractivity contribution in [1.29, 1.82) is 0 Å². The van der Waals surface area contributed by atoms with Gasteiger partial charge in [-0.05, 0) is 76.1 Å². The molecule has 0 saturated heterocycles. The van der Waals surface area contributed by atoms with Crippen molar-refractivity contribution < 1.29 is 14.2 Å². The van der Waals surface area contributed by atoms with E-state index in [4.69, 9.17) is 19.9 Å². The van der Waals surface area contributed by atoms with Gasteiger partial charge < -0.3 is 25.3 Å². The van der Waals surface area contributed by atoms with Gasteiger partial charge in [0.05, 0.1) is 19.3 Å². The van der Waals surface area contributed by atoms with Gasteiger partial charge in [0.2, 0.25) is 0 Å². The number of guanidine groups is 1. The molecule has 0 radical (unpaired) electrons. The molecule has 0 atom stereocenters. The molecule has 6 nitrogen and oxygen atoms in total. The summed E-state index contributed by atoms with van der Waals surface area (Å²) < 4.78 is 16.9. The molecular formula is C22H31N3O3. The van der Waals surface area contributed by atoms with Gasteiger partial charge in [-0.1, -0.05) is 6.07 Å². The summed E-state index contributed by atoms with van der Waals surface area (Å²) in [6, 6.07) is 13.6. The third-order valence-corrected chi connectivity index (χ3v) is 3.79. The number of anilines is 1. The number of nitrogens with one attached hydrogen (secondary N) is 1. The first-order valence-electron chi connectivity index (χ1n) is 9.74. The molecule has 0 spiro atoms. The Labute approximate surface area is 167 Å². The van der Waals surface area contributed by atoms with Gasteiger partial charge in [0, 0.05) is 12.2 Å². The summed E-state index contributed by atoms with van der Waals surface area (Å²) in [5.41, 5.74) is 7.99. The highest BCUT2D eigenvalue weighted by Gasteiger charge is 2.06. The third kappa shape index (κ3) is 7.02. The van der Waals surface area contributed by atoms with E-state index in [9.17, 15) is 0 Å². The molecule has 0 saturated carbocycles. The topological polar surface area (TPSA) is 78.1 Å². The van der Waals surface area contributed by atoms with Crippen LogP contribution in [0.3, 0.4) is 0 Å². The van der Waals surface area contributed by atoms with Crippen LogP contribution >= 0.6 is 0 Å². The molecule has 28 heavy (non-hydrogen) atoms. The van der Waals surface area contributed by atoms with Crippen LogP contribution in [0.1, 0.15) is 33.3 Å². The van der Waals surface area contributed by atoms with Gasteiger partial charge in [0.1, 0.15) is 5.75 Å². The molecule has 0 bridgehead atoms. The van der Waals surface area contributed by atoms with Gasteiger partial charge in [-0.15, -0.1) is 0 Å². The Hall–Kier alpha value is -2.89. The zero-order chi connectivity index (χ0) is 20.4. The maximum absolute atomic E-state index is 5.99. The zero-order valence-corrected chi connectivity index (χ0v) is 17.2. The summed E-state index contributed by atoms with van der Waals surface area (Å²) >= 11 is 0. The van der Waals surface area contributed by atoms with Crippen LogP contribution in [-0.4, -0.2) is 31.8 Å². The molecule has 6 heteroatoms. The molecule has 0 aliphatic carbocycles. The fraction of sp³-hybridized carbons (Fsp3) is 0.409. The Kier molecular flexibility index (Phi) is 8.46. The van der Waals surface area contributed by atoms with Gasteiger partial charge in [-0.3, -0.25) is 4.99 Å². The molecule has 3 N–H and O–H groups in total. The maximum atomic E-state index is 5.99. The molecule has 0 amide bonds. The highest BCUT2D eigenvalue weighted by Crippen LogP contribution is 2.28. The number of ether oxygens (including phenoxy) is 3. The lowest BCUT2D eigenvalue weighted by Crippen LogP contribution is -2.23. The van der Waals surface area contributed by atoms with Gasteiger partial charge in [-0.2, -0.15) is 0 Å². The van der Waals surface area contributed by atoms with E-state index in [2.05, 4.69) is 10.3 Å². The molecule has 0 aromatic heterocycles. The van der Waals surface area contributed by atoms with Crippen molar-refractivity contribution in [3.63, 3.8) is 0 Å². The molecule has 152 valence electrons. The maximum Gasteiger partial charge on any atom is 0.193 e. The Morgan fingerprint density at radius 3 is 2.32 bits per heavy atom. The molecule has 2 aromatic carbocycles. The lowest BCUT2D eigenvalue weighted by molar-refractivity contribution is 0.242. The number of hydrogen-bond donors (Lipinski definition) is 2. The summed E-state index contributed by atoms with van der Waals surface area (Å²) in [6.07, 6.45) is 0.909. The van der Waals surface area contributed by atoms with E-state index in [-0.39, 0.29) is 6.10 Å². The first-order chi connectivity index (χ1) is 13.5. The van der Waals surface area contributed by atoms with Crippen LogP contribution in [0.25, 0.3) is 0 Å². The van der Waals surface area contributed by atoms with Crippen LogP contribution in [0.15, 0.2) is 47.5 Å². The molecule has 0 aliphatic rings. The van der Waals surface area contributed by atoms with Crippen molar-refractivity contribution in [2.45, 2.75) is 40.2 Å². The lowest BCUT2D eigenvalue weighted by Gasteiger charge is -2.12. The van der Waals surface area contributed by atoms with E-state index in [1.54, 1.807) is 0 Å². The molecule has 0 unspecified atom stereocenters. The van der Waals surface area contributed by atoms with Crippen LogP contribution in [0.4, 0.5) is 5.69 Å². The Balaban J connectivity index is 1.90. The van der Waals surface area contributed by atoms with Gasteiger partial charge in [-0.25, -0.2) is 0 Å². The molecule has 0 heterocycles. The average Bonchev–Trinajstić information content (AvgIpc) is 2.65. The molecular weight excluding hydrogens is 354 g/mol. The lowest BCUT2D eigenvalue weighted by atomic mass is 10.1. The minimum atomic E-state index is 0.149. The number of benzene rings is 2. The first-order valence-corrected chi connectivity index (χ1v) is 9.74. The van der Waals surface area contributed by atoms with E-state index in [0.717, 1.165) is 34.9 Å². The summed E-state index contributed by atoms with van der Waals surface area (Å²) in [6.45, 7) is 9.69. The summed E-state index contributed by atoms with van der Waals surface area (Å²) in [4.78, 5) is 4.40. The van der Waals surface area contributed by atoms with E-state index in [1.807, 2.05) is 70.2 Å². The third-order valence-electron chi connectivity index (χ3n) is 3.79. The van der Waals surface area contributed by atoms with Crippen LogP contribution in [0, 0.1) is 0 Å². The highest BCUT2D eigenvalue weighted by atomic mass is 16.5. The Bertz CT molecular complexity index is 758. The standard InChI is InChI=1S/C22H31N3O3/c1-5-26-20-12-7-17(15-21(20)27-6-2)13-14-24-22(23)25-18-8-10-19(11-9-18)28-16(3)4/h7-12,15-16H,5-6,13-14H2,1-4H3,(H3,23,24,25). The van der Waals surface area contributed by atoms with E-state index in [1.165, 1.54) is 0 Å². The molecule has 0 fully saturated rings. The van der Waals surface area contributed by atoms with Crippen molar-refractivity contribution in [2.75, 3.05) is 25.1 Å². The summed E-state index contributed by atoms with van der Waals surface area (Å²) in [5, 5.41) is 3.09. The highest BCUT2D eigenvalue weighted by molar-refractivity contribution is 5.92. The predicted octanol–water partition coefficient (Wildman–Crippen LogP) is 4.24. The van der Waals surface area contributed by atoms with Crippen molar-refractivity contribution >= 4 is 11.6 Å². The molecule has 0 aliphatic heterocycles. The second-order valence-electron chi connectivity index (χ2n) is 6.48. The largest absolute Gasteiger partial charge is 0.491 e. The van der Waals surface area contributed by atoms with E-state index >= 15 is 0 Å². The quantitative estimate of drug-likeness (QED) is 0.472. The second kappa shape index (κ2) is 11.1. The summed E-state index contributed by atoms with van der Waals surface area (Å²) in [7, 11) is 0. The van der Waals surface area contributed by atoms with Crippen LogP contribution in [-0.2, 0) is 6.42 Å². The van der Waals surface area contributed by atoms with Gasteiger partial charge >= 0.3 is 0 Å². The fourth-order valence-electron chi connectivity index (χ4n) is 2.63. The SMILES string of the molecule is CCOc1ccc(CCN=C(N)Nc2ccc(OC(C)C)cc2)cc1OCC. The number of hydrogen-bond acceptors (Lipinski definition) is 4. The molecule has 2 aromatic rings. The number of rotatable bonds is 10. The number of nitrogens with two attached hydrogens (primary N) is 1. The zero-order valence-electron chi connectivity index (χ0n) is 17.2. The van der Waals surface area contributed by atoms with E-state index in [0.29, 0.717) is 25.7 Å². The predicted molar refractivity (Wildman–Crippen MR) is 115 cm³/mol. The summed E-state index contributed by atoms with van der Waals surface area (Å²) in [5.74, 6) is 2.74. The minimum absolute atomic E-state index is 0.149. The van der Waals surface area contributed by atoms with Gasteiger partial charge in [0.25, 0.3) is 0 Å². The second-order valence-corrected chi connectivity index (χ2v) is 6.48. The molecule has 2 rings (SSSR count). The minimum Gasteiger partial charge on any atom is -0.491 e. The normalized spacial score (nSPS) is 11.4. The van der Waals surface area contributed by atoms with E-state index < -0.39 is 0 Å². The van der Waals surface area contributed by atoms with Crippen molar-refractivity contribution in [1.82, 2.24) is 0 Å². The van der Waals surface area contributed by atoms with Crippen LogP contribution in [0.5, 0.6) is 17.2 Å². The smallest absolute Gasteiger partial charge is 0.193 e.